The second-order valence-electron chi connectivity index (χ2n) is 6.06. The lowest BCUT2D eigenvalue weighted by atomic mass is 10.1. The molecule has 4 heteroatoms. The van der Waals surface area contributed by atoms with Gasteiger partial charge in [0.1, 0.15) is 0 Å². The molecule has 0 aliphatic heterocycles. The van der Waals surface area contributed by atoms with Crippen LogP contribution in [0.15, 0.2) is 66.7 Å². The molecule has 0 saturated heterocycles. The number of amides is 1. The van der Waals surface area contributed by atoms with E-state index in [9.17, 15) is 4.79 Å². The first-order valence-corrected chi connectivity index (χ1v) is 8.11. The zero-order valence-electron chi connectivity index (χ0n) is 14.1. The van der Waals surface area contributed by atoms with E-state index >= 15 is 0 Å². The number of likely N-dealkylation sites (N-methyl/N-ethyl adjacent to an activating group) is 1. The number of anilines is 1. The van der Waals surface area contributed by atoms with Crippen molar-refractivity contribution in [2.75, 3.05) is 18.9 Å². The maximum absolute atomic E-state index is 12.4. The highest BCUT2D eigenvalue weighted by molar-refractivity contribution is 6.02. The van der Waals surface area contributed by atoms with E-state index < -0.39 is 0 Å². The second-order valence-corrected chi connectivity index (χ2v) is 6.06. The molecule has 0 aliphatic rings. The summed E-state index contributed by atoms with van der Waals surface area (Å²) in [5, 5.41) is 14.0. The molecule has 0 spiro atoms. The molecule has 1 N–H and O–H groups in total. The number of hydrogen-bond donors (Lipinski definition) is 1. The smallest absolute Gasteiger partial charge is 0.238 e. The summed E-state index contributed by atoms with van der Waals surface area (Å²) in [6, 6.07) is 23.4. The van der Waals surface area contributed by atoms with Crippen molar-refractivity contribution in [3.63, 3.8) is 0 Å². The van der Waals surface area contributed by atoms with Crippen molar-refractivity contribution in [2.24, 2.45) is 0 Å². The van der Waals surface area contributed by atoms with E-state index in [4.69, 9.17) is 5.26 Å². The maximum Gasteiger partial charge on any atom is 0.238 e. The van der Waals surface area contributed by atoms with Crippen LogP contribution in [0.5, 0.6) is 0 Å². The molecule has 0 heterocycles. The van der Waals surface area contributed by atoms with Gasteiger partial charge in [-0.3, -0.25) is 9.69 Å². The molecule has 3 aromatic rings. The SMILES string of the molecule is CN(CC(=O)Nc1cccc2ccccc12)Cc1ccc(C#N)cc1. The van der Waals surface area contributed by atoms with Gasteiger partial charge in [0.05, 0.1) is 18.2 Å². The molecule has 0 saturated carbocycles. The lowest BCUT2D eigenvalue weighted by Gasteiger charge is -2.17. The van der Waals surface area contributed by atoms with Gasteiger partial charge in [0.2, 0.25) is 5.91 Å². The van der Waals surface area contributed by atoms with Crippen LogP contribution in [0.2, 0.25) is 0 Å². The summed E-state index contributed by atoms with van der Waals surface area (Å²) in [5.41, 5.74) is 2.54. The van der Waals surface area contributed by atoms with Crippen LogP contribution in [0.25, 0.3) is 10.8 Å². The van der Waals surface area contributed by atoms with Crippen LogP contribution >= 0.6 is 0 Å². The number of nitrogens with zero attached hydrogens (tertiary/aromatic N) is 2. The van der Waals surface area contributed by atoms with Gasteiger partial charge >= 0.3 is 0 Å². The van der Waals surface area contributed by atoms with Crippen molar-refractivity contribution >= 4 is 22.4 Å². The molecule has 0 aromatic heterocycles. The summed E-state index contributed by atoms with van der Waals surface area (Å²) in [5.74, 6) is -0.0486. The number of hydrogen-bond acceptors (Lipinski definition) is 3. The topological polar surface area (TPSA) is 56.1 Å². The molecule has 124 valence electrons. The van der Waals surface area contributed by atoms with Crippen LogP contribution in [0.1, 0.15) is 11.1 Å². The zero-order chi connectivity index (χ0) is 17.6. The number of nitrogens with one attached hydrogen (secondary N) is 1. The summed E-state index contributed by atoms with van der Waals surface area (Å²) in [6.07, 6.45) is 0. The first kappa shape index (κ1) is 16.7. The van der Waals surface area contributed by atoms with E-state index in [0.29, 0.717) is 18.7 Å². The van der Waals surface area contributed by atoms with Crippen LogP contribution < -0.4 is 5.32 Å². The first-order valence-electron chi connectivity index (χ1n) is 8.11. The van der Waals surface area contributed by atoms with E-state index in [1.54, 1.807) is 12.1 Å². The van der Waals surface area contributed by atoms with Gasteiger partial charge in [-0.15, -0.1) is 0 Å². The minimum absolute atomic E-state index is 0.0486. The largest absolute Gasteiger partial charge is 0.324 e. The molecule has 3 aromatic carbocycles. The predicted octanol–water partition coefficient (Wildman–Crippen LogP) is 3.78. The molecule has 1 amide bonds. The number of fused-ring (bicyclic) bond motifs is 1. The molecule has 0 atom stereocenters. The minimum Gasteiger partial charge on any atom is -0.324 e. The fourth-order valence-electron chi connectivity index (χ4n) is 2.82. The Morgan fingerprint density at radius 3 is 2.52 bits per heavy atom. The Bertz CT molecular complexity index is 921. The normalized spacial score (nSPS) is 10.6. The van der Waals surface area contributed by atoms with Crippen molar-refractivity contribution in [1.82, 2.24) is 4.90 Å². The van der Waals surface area contributed by atoms with Crippen LogP contribution in [0, 0.1) is 11.3 Å². The Kier molecular flexibility index (Phi) is 5.08. The Morgan fingerprint density at radius 2 is 1.76 bits per heavy atom. The predicted molar refractivity (Wildman–Crippen MR) is 100 cm³/mol. The first-order chi connectivity index (χ1) is 12.2. The van der Waals surface area contributed by atoms with Crippen molar-refractivity contribution in [1.29, 1.82) is 5.26 Å². The number of carbonyl (C=O) groups is 1. The maximum atomic E-state index is 12.4. The standard InChI is InChI=1S/C21H19N3O/c1-24(14-17-11-9-16(13-22)10-12-17)15-21(25)23-20-8-4-6-18-5-2-3-7-19(18)20/h2-12H,14-15H2,1H3,(H,23,25). The molecule has 3 rings (SSSR count). The zero-order valence-corrected chi connectivity index (χ0v) is 14.1. The molecule has 0 bridgehead atoms. The van der Waals surface area contributed by atoms with Crippen LogP contribution in [0.4, 0.5) is 5.69 Å². The number of carbonyl (C=O) groups excluding carboxylic acids is 1. The summed E-state index contributed by atoms with van der Waals surface area (Å²) < 4.78 is 0. The fraction of sp³-hybridized carbons (Fsp3) is 0.143. The Morgan fingerprint density at radius 1 is 1.04 bits per heavy atom. The highest BCUT2D eigenvalue weighted by atomic mass is 16.2. The number of benzene rings is 3. The van der Waals surface area contributed by atoms with Gasteiger partial charge in [0.15, 0.2) is 0 Å². The van der Waals surface area contributed by atoms with E-state index in [2.05, 4.69) is 11.4 Å². The summed E-state index contributed by atoms with van der Waals surface area (Å²) >= 11 is 0. The quantitative estimate of drug-likeness (QED) is 0.775. The lowest BCUT2D eigenvalue weighted by molar-refractivity contribution is -0.117. The van der Waals surface area contributed by atoms with Crippen LogP contribution in [-0.4, -0.2) is 24.4 Å². The lowest BCUT2D eigenvalue weighted by Crippen LogP contribution is -2.29. The van der Waals surface area contributed by atoms with E-state index in [1.807, 2.05) is 66.5 Å². The van der Waals surface area contributed by atoms with E-state index in [1.165, 1.54) is 0 Å². The second kappa shape index (κ2) is 7.61. The van der Waals surface area contributed by atoms with Gasteiger partial charge in [-0.1, -0.05) is 48.5 Å². The number of nitriles is 1. The number of rotatable bonds is 5. The van der Waals surface area contributed by atoms with Gasteiger partial charge in [-0.25, -0.2) is 0 Å². The average Bonchev–Trinajstić information content (AvgIpc) is 2.62. The highest BCUT2D eigenvalue weighted by Crippen LogP contribution is 2.22. The van der Waals surface area contributed by atoms with Crippen LogP contribution in [-0.2, 0) is 11.3 Å². The third-order valence-corrected chi connectivity index (χ3v) is 4.01. The molecule has 0 radical (unpaired) electrons. The van der Waals surface area contributed by atoms with Gasteiger partial charge in [0.25, 0.3) is 0 Å². The average molecular weight is 329 g/mol. The Labute approximate surface area is 147 Å². The van der Waals surface area contributed by atoms with Gasteiger partial charge < -0.3 is 5.32 Å². The fourth-order valence-corrected chi connectivity index (χ4v) is 2.82. The molecule has 4 nitrogen and oxygen atoms in total. The highest BCUT2D eigenvalue weighted by Gasteiger charge is 2.09. The molecule has 25 heavy (non-hydrogen) atoms. The monoisotopic (exact) mass is 329 g/mol. The molecular weight excluding hydrogens is 310 g/mol. The Balaban J connectivity index is 1.62. The van der Waals surface area contributed by atoms with Crippen LogP contribution in [0.3, 0.4) is 0 Å². The summed E-state index contributed by atoms with van der Waals surface area (Å²) in [6.45, 7) is 0.942. The summed E-state index contributed by atoms with van der Waals surface area (Å²) in [4.78, 5) is 14.3. The molecular formula is C21H19N3O. The van der Waals surface area contributed by atoms with Crippen molar-refractivity contribution < 1.29 is 4.79 Å². The van der Waals surface area contributed by atoms with Crippen molar-refractivity contribution in [2.45, 2.75) is 6.54 Å². The van der Waals surface area contributed by atoms with Gasteiger partial charge in [0, 0.05) is 17.6 Å². The van der Waals surface area contributed by atoms with E-state index in [0.717, 1.165) is 22.0 Å². The molecule has 0 unspecified atom stereocenters. The van der Waals surface area contributed by atoms with Crippen molar-refractivity contribution in [3.05, 3.63) is 77.9 Å². The molecule has 0 aliphatic carbocycles. The van der Waals surface area contributed by atoms with Crippen molar-refractivity contribution in [3.8, 4) is 6.07 Å². The van der Waals surface area contributed by atoms with Gasteiger partial charge in [-0.2, -0.15) is 5.26 Å². The summed E-state index contributed by atoms with van der Waals surface area (Å²) in [7, 11) is 1.90. The third kappa shape index (κ3) is 4.23. The minimum atomic E-state index is -0.0486. The van der Waals surface area contributed by atoms with Gasteiger partial charge in [-0.05, 0) is 36.2 Å². The third-order valence-electron chi connectivity index (χ3n) is 4.01. The Hall–Kier alpha value is -3.16. The molecule has 0 fully saturated rings. The van der Waals surface area contributed by atoms with E-state index in [-0.39, 0.29) is 5.91 Å².